The standard InChI is InChI=1S/C22H19ClN2O2S/c1-28(26,27)25-16-6-2-5-15(13-16)14-20-17-7-3-9-21(23)18(17)10-11-22-19(20)8-4-12-24-22/h2-9,12-14,25H,10-11H2,1H3/b20-14+. The van der Waals surface area contributed by atoms with Gasteiger partial charge in [-0.25, -0.2) is 8.42 Å². The van der Waals surface area contributed by atoms with Crippen LogP contribution in [0, 0.1) is 0 Å². The molecule has 1 heterocycles. The van der Waals surface area contributed by atoms with E-state index in [1.165, 1.54) is 0 Å². The van der Waals surface area contributed by atoms with Gasteiger partial charge in [-0.05, 0) is 65.4 Å². The molecule has 0 saturated carbocycles. The molecule has 0 amide bonds. The molecule has 3 aromatic rings. The number of nitrogens with zero attached hydrogens (tertiary/aromatic N) is 1. The van der Waals surface area contributed by atoms with E-state index in [0.29, 0.717) is 5.69 Å². The van der Waals surface area contributed by atoms with Crippen LogP contribution in [0.4, 0.5) is 5.69 Å². The number of fused-ring (bicyclic) bond motifs is 2. The smallest absolute Gasteiger partial charge is 0.229 e. The van der Waals surface area contributed by atoms with Gasteiger partial charge in [0.25, 0.3) is 0 Å². The van der Waals surface area contributed by atoms with E-state index in [1.54, 1.807) is 6.07 Å². The Bertz CT molecular complexity index is 1190. The highest BCUT2D eigenvalue weighted by Gasteiger charge is 2.20. The predicted octanol–water partition coefficient (Wildman–Crippen LogP) is 4.79. The molecule has 0 spiro atoms. The average Bonchev–Trinajstić information content (AvgIpc) is 2.79. The van der Waals surface area contributed by atoms with Crippen LogP contribution >= 0.6 is 11.6 Å². The molecule has 1 aromatic heterocycles. The summed E-state index contributed by atoms with van der Waals surface area (Å²) in [4.78, 5) is 4.57. The highest BCUT2D eigenvalue weighted by atomic mass is 35.5. The van der Waals surface area contributed by atoms with Crippen molar-refractivity contribution in [1.82, 2.24) is 4.98 Å². The second kappa shape index (κ2) is 7.41. The number of benzene rings is 2. The molecule has 0 saturated heterocycles. The lowest BCUT2D eigenvalue weighted by Gasteiger charge is -2.13. The van der Waals surface area contributed by atoms with Gasteiger partial charge in [-0.1, -0.05) is 41.9 Å². The molecular weight excluding hydrogens is 392 g/mol. The molecule has 0 unspecified atom stereocenters. The van der Waals surface area contributed by atoms with E-state index in [1.807, 2.05) is 42.6 Å². The summed E-state index contributed by atoms with van der Waals surface area (Å²) in [7, 11) is -3.33. The third kappa shape index (κ3) is 3.96. The van der Waals surface area contributed by atoms with Gasteiger partial charge in [-0.2, -0.15) is 0 Å². The van der Waals surface area contributed by atoms with Gasteiger partial charge in [0.05, 0.1) is 6.26 Å². The number of aromatic nitrogens is 1. The first-order valence-electron chi connectivity index (χ1n) is 8.92. The first-order valence-corrected chi connectivity index (χ1v) is 11.2. The summed E-state index contributed by atoms with van der Waals surface area (Å²) in [6.07, 6.45) is 6.66. The largest absolute Gasteiger partial charge is 0.284 e. The number of anilines is 1. The molecule has 6 heteroatoms. The normalized spacial score (nSPS) is 14.9. The maximum Gasteiger partial charge on any atom is 0.229 e. The second-order valence-electron chi connectivity index (χ2n) is 6.82. The lowest BCUT2D eigenvalue weighted by Crippen LogP contribution is -2.09. The van der Waals surface area contributed by atoms with Gasteiger partial charge in [0, 0.05) is 28.2 Å². The van der Waals surface area contributed by atoms with E-state index in [4.69, 9.17) is 11.6 Å². The third-order valence-electron chi connectivity index (χ3n) is 4.70. The van der Waals surface area contributed by atoms with E-state index in [0.717, 1.165) is 57.6 Å². The predicted molar refractivity (Wildman–Crippen MR) is 115 cm³/mol. The van der Waals surface area contributed by atoms with E-state index < -0.39 is 10.0 Å². The number of hydrogen-bond acceptors (Lipinski definition) is 3. The van der Waals surface area contributed by atoms with Crippen molar-refractivity contribution in [3.8, 4) is 0 Å². The van der Waals surface area contributed by atoms with E-state index in [2.05, 4.69) is 27.9 Å². The van der Waals surface area contributed by atoms with Crippen molar-refractivity contribution >= 4 is 39.0 Å². The Kier molecular flexibility index (Phi) is 4.96. The molecule has 4 nitrogen and oxygen atoms in total. The molecule has 28 heavy (non-hydrogen) atoms. The van der Waals surface area contributed by atoms with Crippen molar-refractivity contribution in [1.29, 1.82) is 0 Å². The quantitative estimate of drug-likeness (QED) is 0.675. The molecule has 142 valence electrons. The van der Waals surface area contributed by atoms with Crippen LogP contribution in [0.15, 0.2) is 60.8 Å². The van der Waals surface area contributed by atoms with Crippen molar-refractivity contribution < 1.29 is 8.42 Å². The van der Waals surface area contributed by atoms with Crippen molar-refractivity contribution in [2.24, 2.45) is 0 Å². The molecule has 2 aromatic carbocycles. The van der Waals surface area contributed by atoms with Crippen LogP contribution in [0.25, 0.3) is 11.6 Å². The molecule has 0 radical (unpaired) electrons. The van der Waals surface area contributed by atoms with Crippen LogP contribution in [0.1, 0.15) is 27.9 Å². The Labute approximate surface area is 170 Å². The number of sulfonamides is 1. The Hall–Kier alpha value is -2.63. The van der Waals surface area contributed by atoms with Gasteiger partial charge in [0.2, 0.25) is 10.0 Å². The van der Waals surface area contributed by atoms with E-state index in [-0.39, 0.29) is 0 Å². The lowest BCUT2D eigenvalue weighted by atomic mass is 9.93. The van der Waals surface area contributed by atoms with Crippen molar-refractivity contribution in [3.05, 3.63) is 93.8 Å². The zero-order chi connectivity index (χ0) is 19.7. The topological polar surface area (TPSA) is 59.1 Å². The van der Waals surface area contributed by atoms with Crippen LogP contribution in [0.5, 0.6) is 0 Å². The summed E-state index contributed by atoms with van der Waals surface area (Å²) in [5.74, 6) is 0. The fraction of sp³-hybridized carbons (Fsp3) is 0.136. The Morgan fingerprint density at radius 2 is 1.82 bits per heavy atom. The minimum atomic E-state index is -3.33. The highest BCUT2D eigenvalue weighted by molar-refractivity contribution is 7.92. The van der Waals surface area contributed by atoms with Gasteiger partial charge in [-0.3, -0.25) is 9.71 Å². The molecule has 0 aliphatic heterocycles. The molecule has 0 bridgehead atoms. The molecule has 0 fully saturated rings. The summed E-state index contributed by atoms with van der Waals surface area (Å²) in [5.41, 5.74) is 6.76. The van der Waals surface area contributed by atoms with Crippen LogP contribution in [0.2, 0.25) is 5.02 Å². The van der Waals surface area contributed by atoms with Gasteiger partial charge in [0.15, 0.2) is 0 Å². The second-order valence-corrected chi connectivity index (χ2v) is 8.98. The van der Waals surface area contributed by atoms with Gasteiger partial charge >= 0.3 is 0 Å². The lowest BCUT2D eigenvalue weighted by molar-refractivity contribution is 0.607. The average molecular weight is 411 g/mol. The molecule has 1 aliphatic carbocycles. The van der Waals surface area contributed by atoms with Crippen LogP contribution in [-0.4, -0.2) is 19.7 Å². The number of aryl methyl sites for hydroxylation is 1. The summed E-state index contributed by atoms with van der Waals surface area (Å²) in [6.45, 7) is 0. The molecule has 0 atom stereocenters. The first-order chi connectivity index (χ1) is 13.4. The zero-order valence-electron chi connectivity index (χ0n) is 15.3. The highest BCUT2D eigenvalue weighted by Crippen LogP contribution is 2.37. The van der Waals surface area contributed by atoms with Gasteiger partial charge in [0.1, 0.15) is 0 Å². The number of rotatable bonds is 3. The summed E-state index contributed by atoms with van der Waals surface area (Å²) >= 11 is 6.50. The molecule has 1 aliphatic rings. The van der Waals surface area contributed by atoms with Crippen molar-refractivity contribution in [2.45, 2.75) is 12.8 Å². The summed E-state index contributed by atoms with van der Waals surface area (Å²) < 4.78 is 25.7. The van der Waals surface area contributed by atoms with Crippen LogP contribution in [0.3, 0.4) is 0 Å². The number of nitrogens with one attached hydrogen (secondary N) is 1. The van der Waals surface area contributed by atoms with Crippen molar-refractivity contribution in [3.63, 3.8) is 0 Å². The summed E-state index contributed by atoms with van der Waals surface area (Å²) in [6, 6.07) is 17.3. The van der Waals surface area contributed by atoms with Crippen LogP contribution in [-0.2, 0) is 22.9 Å². The van der Waals surface area contributed by atoms with E-state index >= 15 is 0 Å². The monoisotopic (exact) mass is 410 g/mol. The van der Waals surface area contributed by atoms with Crippen LogP contribution < -0.4 is 4.72 Å². The number of halogens is 1. The molecule has 4 rings (SSSR count). The number of pyridine rings is 1. The Balaban J connectivity index is 1.89. The Morgan fingerprint density at radius 1 is 1.04 bits per heavy atom. The molecular formula is C22H19ClN2O2S. The minimum absolute atomic E-state index is 0.531. The number of hydrogen-bond donors (Lipinski definition) is 1. The fourth-order valence-electron chi connectivity index (χ4n) is 3.56. The minimum Gasteiger partial charge on any atom is -0.284 e. The Morgan fingerprint density at radius 3 is 2.64 bits per heavy atom. The fourth-order valence-corrected chi connectivity index (χ4v) is 4.39. The maximum absolute atomic E-state index is 11.6. The first kappa shape index (κ1) is 18.7. The van der Waals surface area contributed by atoms with Gasteiger partial charge in [-0.15, -0.1) is 0 Å². The third-order valence-corrected chi connectivity index (χ3v) is 5.66. The van der Waals surface area contributed by atoms with Gasteiger partial charge < -0.3 is 0 Å². The SMILES string of the molecule is CS(=O)(=O)Nc1cccc(/C=C2/c3cccnc3CCc3c(Cl)cccc32)c1. The summed E-state index contributed by atoms with van der Waals surface area (Å²) in [5, 5.41) is 0.753. The molecule has 1 N–H and O–H groups in total. The zero-order valence-corrected chi connectivity index (χ0v) is 16.9. The van der Waals surface area contributed by atoms with Crippen molar-refractivity contribution in [2.75, 3.05) is 11.0 Å². The van der Waals surface area contributed by atoms with E-state index in [9.17, 15) is 8.42 Å². The maximum atomic E-state index is 11.6.